The second-order valence-electron chi connectivity index (χ2n) is 14.1. The summed E-state index contributed by atoms with van der Waals surface area (Å²) in [6.07, 6.45) is 17.7. The molecule has 0 heterocycles. The lowest BCUT2D eigenvalue weighted by atomic mass is 9.47. The molecular weight excluding hydrogens is 476 g/mol. The third-order valence-corrected chi connectivity index (χ3v) is 11.4. The van der Waals surface area contributed by atoms with Crippen molar-refractivity contribution in [3.05, 3.63) is 11.6 Å². The zero-order valence-corrected chi connectivity index (χ0v) is 25.0. The maximum absolute atomic E-state index is 10.5. The van der Waals surface area contributed by atoms with Crippen molar-refractivity contribution in [2.75, 3.05) is 33.0 Å². The zero-order chi connectivity index (χ0) is 27.3. The minimum Gasteiger partial charge on any atom is -0.480 e. The standard InChI is InChI=1S/C33H56O5/c1-23(2)7-6-8-24(3)28-11-12-29-27-10-9-25-21-26(38-20-19-36-17-18-37-22-31(34)35)13-15-32(25,4)30(27)14-16-33(28,29)5/h9,23-24,26-30H,6-8,10-22H2,1-5H3,(H,34,35). The van der Waals surface area contributed by atoms with Crippen LogP contribution < -0.4 is 0 Å². The van der Waals surface area contributed by atoms with Crippen LogP contribution in [-0.2, 0) is 19.0 Å². The fraction of sp³-hybridized carbons (Fsp3) is 0.909. The van der Waals surface area contributed by atoms with Crippen LogP contribution in [0.25, 0.3) is 0 Å². The highest BCUT2D eigenvalue weighted by atomic mass is 16.6. The van der Waals surface area contributed by atoms with Gasteiger partial charge in [0.25, 0.3) is 0 Å². The Morgan fingerprint density at radius 1 is 0.974 bits per heavy atom. The number of ether oxygens (including phenoxy) is 3. The number of carboxylic acids is 1. The number of rotatable bonds is 14. The van der Waals surface area contributed by atoms with Gasteiger partial charge in [0.1, 0.15) is 6.61 Å². The Hall–Kier alpha value is -0.910. The Morgan fingerprint density at radius 3 is 2.50 bits per heavy atom. The molecule has 4 aliphatic rings. The molecule has 8 atom stereocenters. The van der Waals surface area contributed by atoms with E-state index in [9.17, 15) is 4.79 Å². The lowest BCUT2D eigenvalue weighted by molar-refractivity contribution is -0.142. The summed E-state index contributed by atoms with van der Waals surface area (Å²) in [7, 11) is 0. The van der Waals surface area contributed by atoms with Crippen molar-refractivity contribution in [3.8, 4) is 0 Å². The topological polar surface area (TPSA) is 65.0 Å². The first-order valence-electron chi connectivity index (χ1n) is 15.8. The lowest BCUT2D eigenvalue weighted by Crippen LogP contribution is -2.51. The molecule has 0 saturated heterocycles. The molecular formula is C33H56O5. The maximum atomic E-state index is 10.5. The molecule has 3 fully saturated rings. The van der Waals surface area contributed by atoms with Gasteiger partial charge in [-0.25, -0.2) is 4.79 Å². The largest absolute Gasteiger partial charge is 0.480 e. The number of aliphatic carboxylic acids is 1. The molecule has 0 bridgehead atoms. The van der Waals surface area contributed by atoms with Gasteiger partial charge in [-0.05, 0) is 97.7 Å². The van der Waals surface area contributed by atoms with E-state index in [2.05, 4.69) is 40.7 Å². The Kier molecular flexibility index (Phi) is 10.4. The summed E-state index contributed by atoms with van der Waals surface area (Å²) in [6, 6.07) is 0. The Bertz CT molecular complexity index is 807. The maximum Gasteiger partial charge on any atom is 0.329 e. The van der Waals surface area contributed by atoms with Gasteiger partial charge in [0.15, 0.2) is 0 Å². The fourth-order valence-corrected chi connectivity index (χ4v) is 9.45. The van der Waals surface area contributed by atoms with E-state index < -0.39 is 5.97 Å². The zero-order valence-electron chi connectivity index (χ0n) is 25.0. The van der Waals surface area contributed by atoms with Crippen molar-refractivity contribution in [2.24, 2.45) is 46.3 Å². The highest BCUT2D eigenvalue weighted by Gasteiger charge is 2.59. The number of fused-ring (bicyclic) bond motifs is 5. The second-order valence-corrected chi connectivity index (χ2v) is 14.1. The quantitative estimate of drug-likeness (QED) is 0.185. The molecule has 0 aromatic carbocycles. The van der Waals surface area contributed by atoms with E-state index >= 15 is 0 Å². The van der Waals surface area contributed by atoms with E-state index in [1.807, 2.05) is 0 Å². The van der Waals surface area contributed by atoms with E-state index in [-0.39, 0.29) is 6.61 Å². The second kappa shape index (κ2) is 13.2. The summed E-state index contributed by atoms with van der Waals surface area (Å²) in [4.78, 5) is 10.5. The summed E-state index contributed by atoms with van der Waals surface area (Å²) < 4.78 is 16.8. The minimum absolute atomic E-state index is 0.268. The number of hydrogen-bond acceptors (Lipinski definition) is 4. The molecule has 4 rings (SSSR count). The number of carboxylic acid groups (broad SMARTS) is 1. The van der Waals surface area contributed by atoms with Gasteiger partial charge in [0.2, 0.25) is 0 Å². The van der Waals surface area contributed by atoms with Crippen LogP contribution in [0.2, 0.25) is 0 Å². The molecule has 3 saturated carbocycles. The van der Waals surface area contributed by atoms with E-state index in [1.165, 1.54) is 57.8 Å². The first-order chi connectivity index (χ1) is 18.1. The summed E-state index contributed by atoms with van der Waals surface area (Å²) in [5.74, 6) is 4.33. The molecule has 0 spiro atoms. The SMILES string of the molecule is CC(C)CCCC(C)C1CCC2C3CC=C4CC(OCCOCCOCC(=O)O)CCC4(C)C3CCC12C. The average Bonchev–Trinajstić information content (AvgIpc) is 3.22. The molecule has 0 amide bonds. The number of carbonyl (C=O) groups is 1. The van der Waals surface area contributed by atoms with Crippen LogP contribution in [0.4, 0.5) is 0 Å². The summed E-state index contributed by atoms with van der Waals surface area (Å²) in [5, 5.41) is 8.59. The Morgan fingerprint density at radius 2 is 1.74 bits per heavy atom. The smallest absolute Gasteiger partial charge is 0.329 e. The van der Waals surface area contributed by atoms with Gasteiger partial charge < -0.3 is 19.3 Å². The molecule has 0 aliphatic heterocycles. The van der Waals surface area contributed by atoms with Crippen LogP contribution >= 0.6 is 0 Å². The molecule has 4 aliphatic carbocycles. The third kappa shape index (κ3) is 6.69. The monoisotopic (exact) mass is 532 g/mol. The van der Waals surface area contributed by atoms with Gasteiger partial charge in [0, 0.05) is 0 Å². The first-order valence-corrected chi connectivity index (χ1v) is 15.8. The fourth-order valence-electron chi connectivity index (χ4n) is 9.45. The van der Waals surface area contributed by atoms with Crippen molar-refractivity contribution in [2.45, 2.75) is 111 Å². The van der Waals surface area contributed by atoms with E-state index in [1.54, 1.807) is 5.57 Å². The molecule has 0 aromatic rings. The summed E-state index contributed by atoms with van der Waals surface area (Å²) in [6.45, 7) is 14.2. The molecule has 0 aromatic heterocycles. The van der Waals surface area contributed by atoms with E-state index in [0.717, 1.165) is 48.3 Å². The molecule has 38 heavy (non-hydrogen) atoms. The van der Waals surface area contributed by atoms with Gasteiger partial charge in [0.05, 0.1) is 32.5 Å². The highest BCUT2D eigenvalue weighted by Crippen LogP contribution is 2.67. The highest BCUT2D eigenvalue weighted by molar-refractivity contribution is 5.67. The number of allylic oxidation sites excluding steroid dienone is 1. The minimum atomic E-state index is -0.947. The van der Waals surface area contributed by atoms with Crippen LogP contribution in [0.15, 0.2) is 11.6 Å². The summed E-state index contributed by atoms with van der Waals surface area (Å²) >= 11 is 0. The Labute approximate surface area is 232 Å². The van der Waals surface area contributed by atoms with Crippen molar-refractivity contribution in [3.63, 3.8) is 0 Å². The molecule has 5 heteroatoms. The normalized spacial score (nSPS) is 37.3. The van der Waals surface area contributed by atoms with Crippen molar-refractivity contribution >= 4 is 5.97 Å². The third-order valence-electron chi connectivity index (χ3n) is 11.4. The molecule has 0 radical (unpaired) electrons. The van der Waals surface area contributed by atoms with Gasteiger partial charge in [-0.2, -0.15) is 0 Å². The molecule has 8 unspecified atom stereocenters. The van der Waals surface area contributed by atoms with Crippen LogP contribution in [0, 0.1) is 46.3 Å². The van der Waals surface area contributed by atoms with Crippen LogP contribution in [0.5, 0.6) is 0 Å². The molecule has 1 N–H and O–H groups in total. The molecule has 5 nitrogen and oxygen atoms in total. The number of hydrogen-bond donors (Lipinski definition) is 1. The van der Waals surface area contributed by atoms with E-state index in [0.29, 0.717) is 43.4 Å². The van der Waals surface area contributed by atoms with E-state index in [4.69, 9.17) is 19.3 Å². The van der Waals surface area contributed by atoms with Crippen LogP contribution in [0.1, 0.15) is 105 Å². The summed E-state index contributed by atoms with van der Waals surface area (Å²) in [5.41, 5.74) is 2.60. The van der Waals surface area contributed by atoms with Gasteiger partial charge in [-0.1, -0.05) is 65.5 Å². The van der Waals surface area contributed by atoms with Crippen LogP contribution in [0.3, 0.4) is 0 Å². The van der Waals surface area contributed by atoms with Crippen molar-refractivity contribution in [1.82, 2.24) is 0 Å². The van der Waals surface area contributed by atoms with Crippen molar-refractivity contribution < 1.29 is 24.1 Å². The average molecular weight is 533 g/mol. The van der Waals surface area contributed by atoms with Crippen molar-refractivity contribution in [1.29, 1.82) is 0 Å². The lowest BCUT2D eigenvalue weighted by Gasteiger charge is -2.58. The predicted octanol–water partition coefficient (Wildman–Crippen LogP) is 7.53. The molecule has 218 valence electrons. The predicted molar refractivity (Wildman–Crippen MR) is 152 cm³/mol. The van der Waals surface area contributed by atoms with Gasteiger partial charge >= 0.3 is 5.97 Å². The Balaban J connectivity index is 1.27. The van der Waals surface area contributed by atoms with Gasteiger partial charge in [-0.15, -0.1) is 0 Å². The first kappa shape index (κ1) is 30.1. The van der Waals surface area contributed by atoms with Gasteiger partial charge in [-0.3, -0.25) is 0 Å². The van der Waals surface area contributed by atoms with Crippen LogP contribution in [-0.4, -0.2) is 50.2 Å².